The fourth-order valence-corrected chi connectivity index (χ4v) is 2.25. The topological polar surface area (TPSA) is 74.2 Å². The Hall–Kier alpha value is -3.25. The van der Waals surface area contributed by atoms with Crippen LogP contribution < -0.4 is 4.74 Å². The molecule has 3 rings (SSSR count). The minimum Gasteiger partial charge on any atom is -0.425 e. The molecule has 0 unspecified atom stereocenters. The summed E-state index contributed by atoms with van der Waals surface area (Å²) in [4.78, 5) is 27.7. The lowest BCUT2D eigenvalue weighted by molar-refractivity contribution is -0.139. The number of hydrogen-bond donors (Lipinski definition) is 0. The van der Waals surface area contributed by atoms with Crippen LogP contribution >= 0.6 is 0 Å². The van der Waals surface area contributed by atoms with Crippen LogP contribution in [0.4, 0.5) is 0 Å². The first kappa shape index (κ1) is 17.6. The van der Waals surface area contributed by atoms with E-state index in [1.54, 1.807) is 37.3 Å². The fraction of sp³-hybridized carbons (Fsp3) is 0.150. The molecule has 1 aliphatic heterocycles. The third kappa shape index (κ3) is 4.43. The molecule has 132 valence electrons. The fourth-order valence-electron chi connectivity index (χ4n) is 2.25. The van der Waals surface area contributed by atoms with E-state index in [0.29, 0.717) is 12.4 Å². The Bertz CT molecular complexity index is 854. The van der Waals surface area contributed by atoms with Gasteiger partial charge in [0.15, 0.2) is 5.70 Å². The lowest BCUT2D eigenvalue weighted by Crippen LogP contribution is -2.15. The maximum Gasteiger partial charge on any atom is 0.363 e. The van der Waals surface area contributed by atoms with E-state index in [2.05, 4.69) is 4.99 Å². The molecule has 0 N–H and O–H groups in total. The Labute approximate surface area is 150 Å². The van der Waals surface area contributed by atoms with E-state index in [9.17, 15) is 9.59 Å². The first-order chi connectivity index (χ1) is 12.7. The van der Waals surface area contributed by atoms with E-state index in [-0.39, 0.29) is 18.2 Å². The molecule has 6 heteroatoms. The zero-order valence-electron chi connectivity index (χ0n) is 14.2. The predicted molar refractivity (Wildman–Crippen MR) is 95.6 cm³/mol. The van der Waals surface area contributed by atoms with Crippen LogP contribution in [0.3, 0.4) is 0 Å². The highest BCUT2D eigenvalue weighted by molar-refractivity contribution is 6.12. The second kappa shape index (κ2) is 8.22. The number of esters is 2. The molecule has 0 spiro atoms. The first-order valence-electron chi connectivity index (χ1n) is 8.12. The maximum absolute atomic E-state index is 12.0. The van der Waals surface area contributed by atoms with Crippen molar-refractivity contribution in [3.8, 4) is 5.75 Å². The van der Waals surface area contributed by atoms with Gasteiger partial charge in [0.05, 0.1) is 0 Å². The summed E-state index contributed by atoms with van der Waals surface area (Å²) in [5.74, 6) is -0.284. The van der Waals surface area contributed by atoms with Gasteiger partial charge in [-0.15, -0.1) is 0 Å². The van der Waals surface area contributed by atoms with Crippen molar-refractivity contribution >= 4 is 23.9 Å². The summed E-state index contributed by atoms with van der Waals surface area (Å²) in [7, 11) is 0. The van der Waals surface area contributed by atoms with E-state index < -0.39 is 11.9 Å². The van der Waals surface area contributed by atoms with Gasteiger partial charge in [-0.25, -0.2) is 14.6 Å². The molecule has 2 aromatic carbocycles. The normalized spacial score (nSPS) is 14.9. The monoisotopic (exact) mass is 351 g/mol. The molecule has 0 saturated heterocycles. The highest BCUT2D eigenvalue weighted by atomic mass is 16.6. The zero-order valence-corrected chi connectivity index (χ0v) is 14.2. The molecular formula is C20H17NO5. The Morgan fingerprint density at radius 3 is 2.54 bits per heavy atom. The molecule has 26 heavy (non-hydrogen) atoms. The number of aliphatic imine (C=N–C) groups is 1. The van der Waals surface area contributed by atoms with Crippen molar-refractivity contribution in [3.05, 3.63) is 71.4 Å². The molecule has 0 atom stereocenters. The number of cyclic esters (lactones) is 1. The number of ether oxygens (including phenoxy) is 3. The smallest absolute Gasteiger partial charge is 0.363 e. The van der Waals surface area contributed by atoms with Crippen molar-refractivity contribution in [2.75, 3.05) is 13.2 Å². The summed E-state index contributed by atoms with van der Waals surface area (Å²) in [6.07, 6.45) is 1.62. The number of hydrogen-bond acceptors (Lipinski definition) is 6. The van der Waals surface area contributed by atoms with Crippen LogP contribution in [0.15, 0.2) is 65.3 Å². The molecule has 0 amide bonds. The van der Waals surface area contributed by atoms with Crippen molar-refractivity contribution in [1.82, 2.24) is 0 Å². The van der Waals surface area contributed by atoms with Crippen molar-refractivity contribution in [2.24, 2.45) is 4.99 Å². The molecular weight excluding hydrogens is 334 g/mol. The van der Waals surface area contributed by atoms with Gasteiger partial charge in [-0.05, 0) is 42.8 Å². The molecule has 0 bridgehead atoms. The van der Waals surface area contributed by atoms with Gasteiger partial charge in [-0.1, -0.05) is 30.3 Å². The third-order valence-electron chi connectivity index (χ3n) is 3.48. The van der Waals surface area contributed by atoms with Crippen LogP contribution in [-0.4, -0.2) is 31.1 Å². The molecule has 6 nitrogen and oxygen atoms in total. The van der Waals surface area contributed by atoms with Gasteiger partial charge in [-0.2, -0.15) is 0 Å². The highest BCUT2D eigenvalue weighted by Crippen LogP contribution is 2.20. The molecule has 1 aliphatic rings. The predicted octanol–water partition coefficient (Wildman–Crippen LogP) is 2.97. The minimum atomic E-state index is -0.504. The molecule has 0 fully saturated rings. The number of nitrogens with zero attached hydrogens (tertiary/aromatic N) is 1. The summed E-state index contributed by atoms with van der Waals surface area (Å²) in [6, 6.07) is 15.9. The third-order valence-corrected chi connectivity index (χ3v) is 3.48. The minimum absolute atomic E-state index is 0.0921. The van der Waals surface area contributed by atoms with Crippen LogP contribution in [-0.2, 0) is 19.1 Å². The van der Waals surface area contributed by atoms with E-state index in [1.807, 2.05) is 30.3 Å². The highest BCUT2D eigenvalue weighted by Gasteiger charge is 2.23. The SMILES string of the molecule is CCOCC(=O)Oc1ccc(/C=C2\N=C(c3ccccc3)OC2=O)cc1. The number of carbonyl (C=O) groups is 2. The Kier molecular flexibility index (Phi) is 5.56. The largest absolute Gasteiger partial charge is 0.425 e. The summed E-state index contributed by atoms with van der Waals surface area (Å²) in [5.41, 5.74) is 1.69. The second-order valence-electron chi connectivity index (χ2n) is 5.38. The zero-order chi connectivity index (χ0) is 18.4. The Morgan fingerprint density at radius 1 is 1.12 bits per heavy atom. The van der Waals surface area contributed by atoms with E-state index >= 15 is 0 Å². The van der Waals surface area contributed by atoms with Crippen molar-refractivity contribution in [3.63, 3.8) is 0 Å². The van der Waals surface area contributed by atoms with Gasteiger partial charge >= 0.3 is 11.9 Å². The van der Waals surface area contributed by atoms with Crippen LogP contribution in [0.1, 0.15) is 18.1 Å². The molecule has 0 saturated carbocycles. The summed E-state index contributed by atoms with van der Waals surface area (Å²) in [6.45, 7) is 2.16. The molecule has 0 aromatic heterocycles. The summed E-state index contributed by atoms with van der Waals surface area (Å²) < 4.78 is 15.3. The Balaban J connectivity index is 1.70. The van der Waals surface area contributed by atoms with E-state index in [0.717, 1.165) is 11.1 Å². The van der Waals surface area contributed by atoms with Crippen LogP contribution in [0.25, 0.3) is 6.08 Å². The number of benzene rings is 2. The molecule has 2 aromatic rings. The van der Waals surface area contributed by atoms with Crippen LogP contribution in [0.5, 0.6) is 5.75 Å². The van der Waals surface area contributed by atoms with E-state index in [1.165, 1.54) is 0 Å². The second-order valence-corrected chi connectivity index (χ2v) is 5.38. The van der Waals surface area contributed by atoms with Crippen molar-refractivity contribution in [1.29, 1.82) is 0 Å². The molecule has 0 radical (unpaired) electrons. The van der Waals surface area contributed by atoms with Gasteiger partial charge in [0.1, 0.15) is 12.4 Å². The summed E-state index contributed by atoms with van der Waals surface area (Å²) in [5, 5.41) is 0. The van der Waals surface area contributed by atoms with Gasteiger partial charge < -0.3 is 14.2 Å². The van der Waals surface area contributed by atoms with Gasteiger partial charge in [0, 0.05) is 12.2 Å². The maximum atomic E-state index is 12.0. The lowest BCUT2D eigenvalue weighted by atomic mass is 10.2. The first-order valence-corrected chi connectivity index (χ1v) is 8.12. The van der Waals surface area contributed by atoms with Crippen molar-refractivity contribution in [2.45, 2.75) is 6.92 Å². The standard InChI is InChI=1S/C20H17NO5/c1-2-24-13-18(22)25-16-10-8-14(9-11-16)12-17-20(23)26-19(21-17)15-6-4-3-5-7-15/h3-12H,2,13H2,1H3/b17-12-. The molecule has 1 heterocycles. The van der Waals surface area contributed by atoms with Crippen LogP contribution in [0.2, 0.25) is 0 Å². The average Bonchev–Trinajstić information content (AvgIpc) is 3.03. The average molecular weight is 351 g/mol. The number of rotatable bonds is 6. The summed E-state index contributed by atoms with van der Waals surface area (Å²) >= 11 is 0. The quantitative estimate of drug-likeness (QED) is 0.454. The molecule has 0 aliphatic carbocycles. The Morgan fingerprint density at radius 2 is 1.85 bits per heavy atom. The van der Waals surface area contributed by atoms with Gasteiger partial charge in [0.25, 0.3) is 0 Å². The van der Waals surface area contributed by atoms with E-state index in [4.69, 9.17) is 14.2 Å². The van der Waals surface area contributed by atoms with Gasteiger partial charge in [-0.3, -0.25) is 0 Å². The lowest BCUT2D eigenvalue weighted by Gasteiger charge is -2.04. The number of carbonyl (C=O) groups excluding carboxylic acids is 2. The van der Waals surface area contributed by atoms with Crippen LogP contribution in [0, 0.1) is 0 Å². The van der Waals surface area contributed by atoms with Gasteiger partial charge in [0.2, 0.25) is 5.90 Å². The van der Waals surface area contributed by atoms with Crippen molar-refractivity contribution < 1.29 is 23.8 Å².